The Morgan fingerprint density at radius 2 is 1.94 bits per heavy atom. The summed E-state index contributed by atoms with van der Waals surface area (Å²) in [6, 6.07) is 12.1. The van der Waals surface area contributed by atoms with Crippen molar-refractivity contribution in [2.75, 3.05) is 11.9 Å². The average molecular weight is 448 g/mol. The van der Waals surface area contributed by atoms with Gasteiger partial charge in [0.05, 0.1) is 17.3 Å². The standard InChI is InChI=1S/C21H16F4N4O3/c22-14-4-2-5-15(9-14)29-17(12-3-1-6-16(7-12)32-21(23,24)25)10-18(28-29)27-20(31)13-8-19(30)26-11-13/h1-7,9-10,13H,8,11H2,(H,26,30)(H,27,28,31)/t13-/m1/s1. The largest absolute Gasteiger partial charge is 0.573 e. The van der Waals surface area contributed by atoms with E-state index >= 15 is 0 Å². The fraction of sp³-hybridized carbons (Fsp3) is 0.190. The molecule has 2 N–H and O–H groups in total. The Labute approximate surface area is 179 Å². The summed E-state index contributed by atoms with van der Waals surface area (Å²) < 4.78 is 57.0. The summed E-state index contributed by atoms with van der Waals surface area (Å²) in [5.41, 5.74) is 0.876. The molecule has 0 aliphatic carbocycles. The molecule has 2 aromatic carbocycles. The van der Waals surface area contributed by atoms with Crippen LogP contribution in [-0.2, 0) is 9.59 Å². The summed E-state index contributed by atoms with van der Waals surface area (Å²) in [6.45, 7) is 0.193. The minimum Gasteiger partial charge on any atom is -0.406 e. The van der Waals surface area contributed by atoms with E-state index in [1.54, 1.807) is 6.07 Å². The zero-order chi connectivity index (χ0) is 22.9. The summed E-state index contributed by atoms with van der Waals surface area (Å²) in [5, 5.41) is 9.45. The molecular formula is C21H16F4N4O3. The van der Waals surface area contributed by atoms with Crippen molar-refractivity contribution in [3.05, 3.63) is 60.4 Å². The third kappa shape index (κ3) is 4.88. The Hall–Kier alpha value is -3.89. The predicted octanol–water partition coefficient (Wildman–Crippen LogP) is 3.65. The molecule has 2 heterocycles. The Balaban J connectivity index is 1.71. The van der Waals surface area contributed by atoms with Gasteiger partial charge in [-0.3, -0.25) is 9.59 Å². The van der Waals surface area contributed by atoms with Crippen LogP contribution in [0.2, 0.25) is 0 Å². The molecule has 2 amide bonds. The van der Waals surface area contributed by atoms with Crippen molar-refractivity contribution in [1.82, 2.24) is 15.1 Å². The highest BCUT2D eigenvalue weighted by Crippen LogP contribution is 2.31. The summed E-state index contributed by atoms with van der Waals surface area (Å²) in [7, 11) is 0. The van der Waals surface area contributed by atoms with E-state index in [9.17, 15) is 27.2 Å². The number of anilines is 1. The molecule has 0 bridgehead atoms. The lowest BCUT2D eigenvalue weighted by Crippen LogP contribution is -2.24. The number of benzene rings is 2. The van der Waals surface area contributed by atoms with Crippen molar-refractivity contribution in [1.29, 1.82) is 0 Å². The molecule has 32 heavy (non-hydrogen) atoms. The monoisotopic (exact) mass is 448 g/mol. The van der Waals surface area contributed by atoms with Crippen LogP contribution in [0, 0.1) is 11.7 Å². The highest BCUT2D eigenvalue weighted by atomic mass is 19.4. The van der Waals surface area contributed by atoms with Crippen LogP contribution in [0.3, 0.4) is 0 Å². The van der Waals surface area contributed by atoms with Crippen LogP contribution in [0.5, 0.6) is 5.75 Å². The number of nitrogens with one attached hydrogen (secondary N) is 2. The lowest BCUT2D eigenvalue weighted by Gasteiger charge is -2.11. The molecule has 166 valence electrons. The minimum absolute atomic E-state index is 0.0418. The molecule has 1 aliphatic heterocycles. The number of ether oxygens (including phenoxy) is 1. The van der Waals surface area contributed by atoms with E-state index < -0.39 is 29.8 Å². The molecule has 4 rings (SSSR count). The van der Waals surface area contributed by atoms with Gasteiger partial charge in [0.15, 0.2) is 5.82 Å². The normalized spacial score (nSPS) is 16.0. The van der Waals surface area contributed by atoms with Crippen LogP contribution in [0.15, 0.2) is 54.6 Å². The zero-order valence-electron chi connectivity index (χ0n) is 16.3. The number of carbonyl (C=O) groups excluding carboxylic acids is 2. The van der Waals surface area contributed by atoms with Gasteiger partial charge in [-0.15, -0.1) is 18.3 Å². The highest BCUT2D eigenvalue weighted by molar-refractivity contribution is 5.97. The third-order valence-electron chi connectivity index (χ3n) is 4.72. The molecule has 1 aromatic heterocycles. The molecule has 0 unspecified atom stereocenters. The van der Waals surface area contributed by atoms with Gasteiger partial charge in [-0.2, -0.15) is 0 Å². The maximum atomic E-state index is 13.8. The lowest BCUT2D eigenvalue weighted by atomic mass is 10.1. The molecule has 0 saturated carbocycles. The van der Waals surface area contributed by atoms with Crippen LogP contribution >= 0.6 is 0 Å². The topological polar surface area (TPSA) is 85.2 Å². The molecule has 1 aliphatic rings. The first-order chi connectivity index (χ1) is 15.2. The van der Waals surface area contributed by atoms with Crippen molar-refractivity contribution in [2.24, 2.45) is 5.92 Å². The van der Waals surface area contributed by atoms with E-state index in [-0.39, 0.29) is 24.7 Å². The molecular weight excluding hydrogens is 432 g/mol. The van der Waals surface area contributed by atoms with Crippen LogP contribution in [-0.4, -0.2) is 34.5 Å². The molecule has 3 aromatic rings. The number of amides is 2. The molecule has 1 atom stereocenters. The smallest absolute Gasteiger partial charge is 0.406 e. The van der Waals surface area contributed by atoms with Crippen molar-refractivity contribution < 1.29 is 31.9 Å². The Bertz CT molecular complexity index is 1180. The van der Waals surface area contributed by atoms with Gasteiger partial charge in [0, 0.05) is 24.6 Å². The second-order valence-electron chi connectivity index (χ2n) is 7.08. The van der Waals surface area contributed by atoms with Crippen LogP contribution in [0.1, 0.15) is 6.42 Å². The van der Waals surface area contributed by atoms with Crippen molar-refractivity contribution >= 4 is 17.6 Å². The molecule has 7 nitrogen and oxygen atoms in total. The molecule has 1 saturated heterocycles. The number of carbonyl (C=O) groups is 2. The van der Waals surface area contributed by atoms with Crippen LogP contribution in [0.25, 0.3) is 16.9 Å². The van der Waals surface area contributed by atoms with E-state index in [1.165, 1.54) is 41.1 Å². The van der Waals surface area contributed by atoms with E-state index in [1.807, 2.05) is 0 Å². The number of nitrogens with zero attached hydrogens (tertiary/aromatic N) is 2. The zero-order valence-corrected chi connectivity index (χ0v) is 16.3. The second-order valence-corrected chi connectivity index (χ2v) is 7.08. The van der Waals surface area contributed by atoms with E-state index in [0.29, 0.717) is 16.9 Å². The van der Waals surface area contributed by atoms with E-state index in [0.717, 1.165) is 12.1 Å². The van der Waals surface area contributed by atoms with Gasteiger partial charge in [0.2, 0.25) is 11.8 Å². The Kier molecular flexibility index (Phi) is 5.56. The van der Waals surface area contributed by atoms with E-state index in [4.69, 9.17) is 0 Å². The maximum Gasteiger partial charge on any atom is 0.573 e. The summed E-state index contributed by atoms with van der Waals surface area (Å²) in [4.78, 5) is 23.8. The van der Waals surface area contributed by atoms with E-state index in [2.05, 4.69) is 20.5 Å². The fourth-order valence-corrected chi connectivity index (χ4v) is 3.32. The third-order valence-corrected chi connectivity index (χ3v) is 4.72. The second kappa shape index (κ2) is 8.33. The first-order valence-electron chi connectivity index (χ1n) is 9.48. The number of alkyl halides is 3. The van der Waals surface area contributed by atoms with Crippen LogP contribution < -0.4 is 15.4 Å². The number of rotatable bonds is 5. The fourth-order valence-electron chi connectivity index (χ4n) is 3.32. The molecule has 0 spiro atoms. The average Bonchev–Trinajstić information content (AvgIpc) is 3.33. The summed E-state index contributed by atoms with van der Waals surface area (Å²) >= 11 is 0. The van der Waals surface area contributed by atoms with Crippen molar-refractivity contribution in [3.63, 3.8) is 0 Å². The Morgan fingerprint density at radius 1 is 1.16 bits per heavy atom. The first-order valence-corrected chi connectivity index (χ1v) is 9.48. The first kappa shape index (κ1) is 21.3. The summed E-state index contributed by atoms with van der Waals surface area (Å²) in [5.74, 6) is -2.14. The van der Waals surface area contributed by atoms with Gasteiger partial charge in [-0.1, -0.05) is 18.2 Å². The number of hydrogen-bond donors (Lipinski definition) is 2. The van der Waals surface area contributed by atoms with Gasteiger partial charge in [-0.25, -0.2) is 9.07 Å². The predicted molar refractivity (Wildman–Crippen MR) is 105 cm³/mol. The number of aromatic nitrogens is 2. The SMILES string of the molecule is O=C1C[C@@H](C(=O)Nc2cc(-c3cccc(OC(F)(F)F)c3)n(-c3cccc(F)c3)n2)CN1. The molecule has 1 fully saturated rings. The maximum absolute atomic E-state index is 13.8. The molecule has 0 radical (unpaired) electrons. The molecule has 11 heteroatoms. The van der Waals surface area contributed by atoms with Gasteiger partial charge < -0.3 is 15.4 Å². The quantitative estimate of drug-likeness (QED) is 0.584. The number of hydrogen-bond acceptors (Lipinski definition) is 4. The minimum atomic E-state index is -4.87. The Morgan fingerprint density at radius 3 is 2.62 bits per heavy atom. The van der Waals surface area contributed by atoms with Crippen molar-refractivity contribution in [3.8, 4) is 22.7 Å². The van der Waals surface area contributed by atoms with Gasteiger partial charge >= 0.3 is 6.36 Å². The van der Waals surface area contributed by atoms with Crippen LogP contribution in [0.4, 0.5) is 23.4 Å². The highest BCUT2D eigenvalue weighted by Gasteiger charge is 2.31. The lowest BCUT2D eigenvalue weighted by molar-refractivity contribution is -0.274. The van der Waals surface area contributed by atoms with Gasteiger partial charge in [-0.05, 0) is 30.3 Å². The van der Waals surface area contributed by atoms with Gasteiger partial charge in [0.25, 0.3) is 0 Å². The number of halogens is 4. The van der Waals surface area contributed by atoms with Gasteiger partial charge in [0.1, 0.15) is 11.6 Å². The summed E-state index contributed by atoms with van der Waals surface area (Å²) in [6.07, 6.45) is -4.83. The van der Waals surface area contributed by atoms with Crippen molar-refractivity contribution in [2.45, 2.75) is 12.8 Å².